The standard InChI is InChI=1S/C20H24N6/c1-2-9-26(10-3-1)20-12-19(23-15-24-20)22-13-17-4-6-18(7-5-17)14-25-11-8-21-16-25/h4-8,11-12,15-16H,1-3,9-10,13-14H2,(H,22,23,24). The van der Waals surface area contributed by atoms with Gasteiger partial charge in [0, 0.05) is 44.6 Å². The van der Waals surface area contributed by atoms with Crippen LogP contribution in [0.1, 0.15) is 30.4 Å². The number of imidazole rings is 1. The van der Waals surface area contributed by atoms with Gasteiger partial charge in [-0.25, -0.2) is 15.0 Å². The molecule has 0 radical (unpaired) electrons. The van der Waals surface area contributed by atoms with E-state index < -0.39 is 0 Å². The summed E-state index contributed by atoms with van der Waals surface area (Å²) in [5.41, 5.74) is 2.50. The molecule has 4 rings (SSSR count). The van der Waals surface area contributed by atoms with E-state index in [0.29, 0.717) is 0 Å². The van der Waals surface area contributed by atoms with Crippen LogP contribution in [0.5, 0.6) is 0 Å². The molecule has 0 atom stereocenters. The zero-order chi connectivity index (χ0) is 17.6. The molecular weight excluding hydrogens is 324 g/mol. The zero-order valence-electron chi connectivity index (χ0n) is 14.9. The first-order chi connectivity index (χ1) is 12.9. The number of hydrogen-bond acceptors (Lipinski definition) is 5. The lowest BCUT2D eigenvalue weighted by atomic mass is 10.1. The van der Waals surface area contributed by atoms with E-state index in [4.69, 9.17) is 0 Å². The third kappa shape index (κ3) is 4.20. The summed E-state index contributed by atoms with van der Waals surface area (Å²) in [6, 6.07) is 10.7. The maximum Gasteiger partial charge on any atom is 0.134 e. The molecule has 1 saturated heterocycles. The molecule has 0 spiro atoms. The van der Waals surface area contributed by atoms with Gasteiger partial charge < -0.3 is 14.8 Å². The molecule has 1 aliphatic heterocycles. The summed E-state index contributed by atoms with van der Waals surface area (Å²) in [5, 5.41) is 3.41. The lowest BCUT2D eigenvalue weighted by molar-refractivity contribution is 0.573. The van der Waals surface area contributed by atoms with Crippen LogP contribution in [0.3, 0.4) is 0 Å². The number of nitrogens with zero attached hydrogens (tertiary/aromatic N) is 5. The fraction of sp³-hybridized carbons (Fsp3) is 0.350. The summed E-state index contributed by atoms with van der Waals surface area (Å²) in [6.45, 7) is 3.78. The van der Waals surface area contributed by atoms with Gasteiger partial charge in [-0.2, -0.15) is 0 Å². The zero-order valence-corrected chi connectivity index (χ0v) is 14.9. The molecule has 1 N–H and O–H groups in total. The van der Waals surface area contributed by atoms with Crippen LogP contribution in [0.4, 0.5) is 11.6 Å². The number of aromatic nitrogens is 4. The highest BCUT2D eigenvalue weighted by atomic mass is 15.2. The van der Waals surface area contributed by atoms with Gasteiger partial charge in [0.25, 0.3) is 0 Å². The summed E-state index contributed by atoms with van der Waals surface area (Å²) >= 11 is 0. The Labute approximate surface area is 153 Å². The number of anilines is 2. The van der Waals surface area contributed by atoms with Crippen LogP contribution < -0.4 is 10.2 Å². The van der Waals surface area contributed by atoms with Crippen LogP contribution in [0.15, 0.2) is 55.4 Å². The van der Waals surface area contributed by atoms with E-state index in [9.17, 15) is 0 Å². The number of hydrogen-bond donors (Lipinski definition) is 1. The summed E-state index contributed by atoms with van der Waals surface area (Å²) in [5.74, 6) is 1.90. The maximum absolute atomic E-state index is 4.43. The predicted molar refractivity (Wildman–Crippen MR) is 103 cm³/mol. The first-order valence-corrected chi connectivity index (χ1v) is 9.21. The third-order valence-electron chi connectivity index (χ3n) is 4.75. The number of piperidine rings is 1. The first-order valence-electron chi connectivity index (χ1n) is 9.21. The van der Waals surface area contributed by atoms with Gasteiger partial charge in [0.05, 0.1) is 6.33 Å². The third-order valence-corrected chi connectivity index (χ3v) is 4.75. The van der Waals surface area contributed by atoms with Crippen molar-refractivity contribution in [1.29, 1.82) is 0 Å². The molecule has 0 saturated carbocycles. The topological polar surface area (TPSA) is 58.9 Å². The second kappa shape index (κ2) is 7.99. The van der Waals surface area contributed by atoms with Crippen LogP contribution in [0, 0.1) is 0 Å². The highest BCUT2D eigenvalue weighted by molar-refractivity contribution is 5.49. The lowest BCUT2D eigenvalue weighted by Gasteiger charge is -2.27. The minimum Gasteiger partial charge on any atom is -0.366 e. The molecule has 3 heterocycles. The Bertz CT molecular complexity index is 807. The van der Waals surface area contributed by atoms with Crippen LogP contribution in [0.2, 0.25) is 0 Å². The van der Waals surface area contributed by atoms with E-state index in [2.05, 4.69) is 60.1 Å². The number of nitrogens with one attached hydrogen (secondary N) is 1. The Hall–Kier alpha value is -2.89. The van der Waals surface area contributed by atoms with Gasteiger partial charge in [0.2, 0.25) is 0 Å². The van der Waals surface area contributed by atoms with Crippen molar-refractivity contribution < 1.29 is 0 Å². The van der Waals surface area contributed by atoms with Crippen LogP contribution >= 0.6 is 0 Å². The molecule has 1 aliphatic rings. The van der Waals surface area contributed by atoms with Crippen molar-refractivity contribution in [2.45, 2.75) is 32.4 Å². The highest BCUT2D eigenvalue weighted by Crippen LogP contribution is 2.19. The Morgan fingerprint density at radius 1 is 0.962 bits per heavy atom. The maximum atomic E-state index is 4.43. The summed E-state index contributed by atoms with van der Waals surface area (Å²) in [6.07, 6.45) is 11.1. The van der Waals surface area contributed by atoms with E-state index in [1.165, 1.54) is 30.4 Å². The molecular formula is C20H24N6. The van der Waals surface area contributed by atoms with Gasteiger partial charge in [0.1, 0.15) is 18.0 Å². The molecule has 1 fully saturated rings. The molecule has 0 unspecified atom stereocenters. The van der Waals surface area contributed by atoms with E-state index >= 15 is 0 Å². The summed E-state index contributed by atoms with van der Waals surface area (Å²) in [4.78, 5) is 15.2. The van der Waals surface area contributed by atoms with Gasteiger partial charge in [-0.3, -0.25) is 0 Å². The Morgan fingerprint density at radius 3 is 2.54 bits per heavy atom. The van der Waals surface area contributed by atoms with Gasteiger partial charge >= 0.3 is 0 Å². The average Bonchev–Trinajstić information content (AvgIpc) is 3.21. The average molecular weight is 348 g/mol. The molecule has 134 valence electrons. The molecule has 26 heavy (non-hydrogen) atoms. The van der Waals surface area contributed by atoms with Gasteiger partial charge in [0.15, 0.2) is 0 Å². The molecule has 2 aromatic heterocycles. The minimum absolute atomic E-state index is 0.752. The fourth-order valence-electron chi connectivity index (χ4n) is 3.29. The SMILES string of the molecule is c1cn(Cc2ccc(CNc3cc(N4CCCCC4)ncn3)cc2)cn1. The van der Waals surface area contributed by atoms with E-state index in [0.717, 1.165) is 37.8 Å². The molecule has 0 aliphatic carbocycles. The van der Waals surface area contributed by atoms with Crippen molar-refractivity contribution in [2.24, 2.45) is 0 Å². The first kappa shape index (κ1) is 16.6. The second-order valence-corrected chi connectivity index (χ2v) is 6.71. The van der Waals surface area contributed by atoms with Crippen molar-refractivity contribution in [1.82, 2.24) is 19.5 Å². The largest absolute Gasteiger partial charge is 0.366 e. The lowest BCUT2D eigenvalue weighted by Crippen LogP contribution is -2.30. The molecule has 0 bridgehead atoms. The Morgan fingerprint density at radius 2 is 1.77 bits per heavy atom. The van der Waals surface area contributed by atoms with Gasteiger partial charge in [-0.15, -0.1) is 0 Å². The van der Waals surface area contributed by atoms with Crippen LogP contribution in [-0.4, -0.2) is 32.6 Å². The summed E-state index contributed by atoms with van der Waals surface area (Å²) < 4.78 is 2.07. The van der Waals surface area contributed by atoms with Gasteiger partial charge in [-0.1, -0.05) is 24.3 Å². The minimum atomic E-state index is 0.752. The Kier molecular flexibility index (Phi) is 5.09. The van der Waals surface area contributed by atoms with E-state index in [-0.39, 0.29) is 0 Å². The second-order valence-electron chi connectivity index (χ2n) is 6.71. The molecule has 0 amide bonds. The Balaban J connectivity index is 1.35. The quantitative estimate of drug-likeness (QED) is 0.740. The van der Waals surface area contributed by atoms with Crippen molar-refractivity contribution in [3.63, 3.8) is 0 Å². The number of benzene rings is 1. The predicted octanol–water partition coefficient (Wildman–Crippen LogP) is 3.32. The summed E-state index contributed by atoms with van der Waals surface area (Å²) in [7, 11) is 0. The molecule has 1 aromatic carbocycles. The number of rotatable bonds is 6. The van der Waals surface area contributed by atoms with Gasteiger partial charge in [-0.05, 0) is 30.4 Å². The fourth-order valence-corrected chi connectivity index (χ4v) is 3.29. The van der Waals surface area contributed by atoms with Crippen molar-refractivity contribution >= 4 is 11.6 Å². The van der Waals surface area contributed by atoms with Crippen molar-refractivity contribution in [3.8, 4) is 0 Å². The van der Waals surface area contributed by atoms with E-state index in [1.54, 1.807) is 12.5 Å². The smallest absolute Gasteiger partial charge is 0.134 e. The van der Waals surface area contributed by atoms with Crippen molar-refractivity contribution in [2.75, 3.05) is 23.3 Å². The molecule has 6 heteroatoms. The van der Waals surface area contributed by atoms with Crippen molar-refractivity contribution in [3.05, 3.63) is 66.5 Å². The van der Waals surface area contributed by atoms with E-state index in [1.807, 2.05) is 12.5 Å². The van der Waals surface area contributed by atoms with Crippen LogP contribution in [0.25, 0.3) is 0 Å². The van der Waals surface area contributed by atoms with Crippen LogP contribution in [-0.2, 0) is 13.1 Å². The highest BCUT2D eigenvalue weighted by Gasteiger charge is 2.12. The molecule has 6 nitrogen and oxygen atoms in total. The monoisotopic (exact) mass is 348 g/mol. The molecule has 3 aromatic rings. The normalized spacial score (nSPS) is 14.4.